The second kappa shape index (κ2) is 5.95. The van der Waals surface area contributed by atoms with Gasteiger partial charge < -0.3 is 10.0 Å². The molecule has 0 aromatic heterocycles. The van der Waals surface area contributed by atoms with Crippen molar-refractivity contribution < 1.29 is 17.9 Å². The van der Waals surface area contributed by atoms with E-state index in [1.54, 1.807) is 0 Å². The number of aliphatic hydroxyl groups is 1. The van der Waals surface area contributed by atoms with Crippen LogP contribution in [0.4, 0.5) is 4.39 Å². The fraction of sp³-hybridized carbons (Fsp3) is 0.500. The maximum atomic E-state index is 14.1. The van der Waals surface area contributed by atoms with Crippen LogP contribution in [0.5, 0.6) is 0 Å². The average Bonchev–Trinajstić information content (AvgIpc) is 2.41. The summed E-state index contributed by atoms with van der Waals surface area (Å²) in [7, 11) is -2.04. The predicted molar refractivity (Wildman–Crippen MR) is 73.6 cm³/mol. The molecule has 20 heavy (non-hydrogen) atoms. The zero-order valence-corrected chi connectivity index (χ0v) is 12.6. The molecular weight excluding hydrogens is 307 g/mol. The Balaban J connectivity index is 2.42. The number of sulfonamides is 1. The second-order valence-electron chi connectivity index (χ2n) is 4.74. The molecule has 0 atom stereocenters. The number of piperazine rings is 1. The quantitative estimate of drug-likeness (QED) is 0.898. The highest BCUT2D eigenvalue weighted by atomic mass is 35.5. The van der Waals surface area contributed by atoms with Gasteiger partial charge in [0.25, 0.3) is 0 Å². The molecule has 0 aliphatic carbocycles. The Morgan fingerprint density at radius 3 is 2.45 bits per heavy atom. The summed E-state index contributed by atoms with van der Waals surface area (Å²) in [4.78, 5) is 1.53. The highest BCUT2D eigenvalue weighted by molar-refractivity contribution is 7.89. The Bertz CT molecular complexity index is 601. The lowest BCUT2D eigenvalue weighted by atomic mass is 10.2. The second-order valence-corrected chi connectivity index (χ2v) is 7.09. The summed E-state index contributed by atoms with van der Waals surface area (Å²) in [6.07, 6.45) is 0. The van der Waals surface area contributed by atoms with Crippen molar-refractivity contribution in [2.75, 3.05) is 33.2 Å². The van der Waals surface area contributed by atoms with Gasteiger partial charge in [0.2, 0.25) is 10.0 Å². The number of nitrogens with zero attached hydrogens (tertiary/aromatic N) is 2. The maximum absolute atomic E-state index is 14.1. The number of likely N-dealkylation sites (N-methyl/N-ethyl adjacent to an activating group) is 1. The SMILES string of the molecule is CN1CCN(S(=O)(=O)c2cc(Cl)cc(CO)c2F)CC1. The van der Waals surface area contributed by atoms with Crippen LogP contribution in [0.15, 0.2) is 17.0 Å². The molecule has 1 aliphatic rings. The monoisotopic (exact) mass is 322 g/mol. The molecule has 1 heterocycles. The lowest BCUT2D eigenvalue weighted by Crippen LogP contribution is -2.47. The summed E-state index contributed by atoms with van der Waals surface area (Å²) >= 11 is 5.80. The van der Waals surface area contributed by atoms with Crippen LogP contribution in [0.3, 0.4) is 0 Å². The fourth-order valence-corrected chi connectivity index (χ4v) is 3.95. The first-order valence-electron chi connectivity index (χ1n) is 6.13. The number of aliphatic hydroxyl groups excluding tert-OH is 1. The maximum Gasteiger partial charge on any atom is 0.246 e. The summed E-state index contributed by atoms with van der Waals surface area (Å²) < 4.78 is 40.3. The van der Waals surface area contributed by atoms with Crippen molar-refractivity contribution in [2.24, 2.45) is 0 Å². The van der Waals surface area contributed by atoms with Gasteiger partial charge in [0, 0.05) is 36.8 Å². The number of hydrogen-bond acceptors (Lipinski definition) is 4. The van der Waals surface area contributed by atoms with Crippen molar-refractivity contribution in [3.05, 3.63) is 28.5 Å². The highest BCUT2D eigenvalue weighted by Crippen LogP contribution is 2.27. The van der Waals surface area contributed by atoms with E-state index in [0.717, 1.165) is 6.07 Å². The number of halogens is 2. The number of hydrogen-bond donors (Lipinski definition) is 1. The van der Waals surface area contributed by atoms with Crippen LogP contribution in [0.2, 0.25) is 5.02 Å². The molecule has 8 heteroatoms. The molecule has 5 nitrogen and oxygen atoms in total. The van der Waals surface area contributed by atoms with Gasteiger partial charge in [-0.3, -0.25) is 0 Å². The van der Waals surface area contributed by atoms with Crippen molar-refractivity contribution in [3.63, 3.8) is 0 Å². The summed E-state index contributed by atoms with van der Waals surface area (Å²) in [5.74, 6) is -0.934. The van der Waals surface area contributed by atoms with E-state index in [1.807, 2.05) is 11.9 Å². The third-order valence-electron chi connectivity index (χ3n) is 3.33. The Labute approximate surface area is 122 Å². The van der Waals surface area contributed by atoms with Gasteiger partial charge in [-0.05, 0) is 19.2 Å². The van der Waals surface area contributed by atoms with E-state index < -0.39 is 27.3 Å². The van der Waals surface area contributed by atoms with Gasteiger partial charge in [0.05, 0.1) is 6.61 Å². The Morgan fingerprint density at radius 2 is 1.90 bits per heavy atom. The minimum absolute atomic E-state index is 0.0863. The smallest absolute Gasteiger partial charge is 0.246 e. The molecule has 2 rings (SSSR count). The summed E-state index contributed by atoms with van der Waals surface area (Å²) in [5.41, 5.74) is -0.120. The molecule has 1 aliphatic heterocycles. The molecule has 0 unspecified atom stereocenters. The van der Waals surface area contributed by atoms with Crippen molar-refractivity contribution in [1.82, 2.24) is 9.21 Å². The van der Waals surface area contributed by atoms with E-state index in [4.69, 9.17) is 16.7 Å². The Morgan fingerprint density at radius 1 is 1.30 bits per heavy atom. The van der Waals surface area contributed by atoms with Crippen LogP contribution in [-0.4, -0.2) is 56.0 Å². The average molecular weight is 323 g/mol. The molecule has 1 aromatic carbocycles. The van der Waals surface area contributed by atoms with Crippen molar-refractivity contribution in [3.8, 4) is 0 Å². The zero-order chi connectivity index (χ0) is 14.9. The molecule has 0 amide bonds. The van der Waals surface area contributed by atoms with Crippen LogP contribution in [-0.2, 0) is 16.6 Å². The summed E-state index contributed by atoms with van der Waals surface area (Å²) in [6.45, 7) is 1.19. The molecule has 0 bridgehead atoms. The predicted octanol–water partition coefficient (Wildman–Crippen LogP) is 0.908. The lowest BCUT2D eigenvalue weighted by molar-refractivity contribution is 0.222. The van der Waals surface area contributed by atoms with Gasteiger partial charge in [-0.2, -0.15) is 4.31 Å². The van der Waals surface area contributed by atoms with Gasteiger partial charge in [0.15, 0.2) is 0 Å². The lowest BCUT2D eigenvalue weighted by Gasteiger charge is -2.31. The normalized spacial score (nSPS) is 18.4. The van der Waals surface area contributed by atoms with E-state index in [2.05, 4.69) is 0 Å². The van der Waals surface area contributed by atoms with Gasteiger partial charge in [-0.15, -0.1) is 0 Å². The molecule has 1 fully saturated rings. The highest BCUT2D eigenvalue weighted by Gasteiger charge is 2.31. The molecule has 1 aromatic rings. The van der Waals surface area contributed by atoms with Crippen LogP contribution in [0.25, 0.3) is 0 Å². The van der Waals surface area contributed by atoms with E-state index in [1.165, 1.54) is 10.4 Å². The van der Waals surface area contributed by atoms with Crippen molar-refractivity contribution >= 4 is 21.6 Å². The van der Waals surface area contributed by atoms with Crippen molar-refractivity contribution in [2.45, 2.75) is 11.5 Å². The van der Waals surface area contributed by atoms with Gasteiger partial charge in [-0.1, -0.05) is 11.6 Å². The first-order chi connectivity index (χ1) is 9.36. The molecule has 112 valence electrons. The van der Waals surface area contributed by atoms with E-state index in [-0.39, 0.29) is 10.6 Å². The van der Waals surface area contributed by atoms with Crippen LogP contribution in [0, 0.1) is 5.82 Å². The van der Waals surface area contributed by atoms with Gasteiger partial charge in [-0.25, -0.2) is 12.8 Å². The molecule has 1 saturated heterocycles. The largest absolute Gasteiger partial charge is 0.392 e. The topological polar surface area (TPSA) is 60.9 Å². The minimum atomic E-state index is -3.94. The first kappa shape index (κ1) is 15.7. The molecule has 0 spiro atoms. The minimum Gasteiger partial charge on any atom is -0.392 e. The van der Waals surface area contributed by atoms with E-state index in [9.17, 15) is 12.8 Å². The Kier molecular flexibility index (Phi) is 4.66. The standard InChI is InChI=1S/C12H16ClFN2O3S/c1-15-2-4-16(5-3-15)20(18,19)11-7-10(13)6-9(8-17)12(11)14/h6-7,17H,2-5,8H2,1H3. The van der Waals surface area contributed by atoms with Gasteiger partial charge >= 0.3 is 0 Å². The van der Waals surface area contributed by atoms with Gasteiger partial charge in [0.1, 0.15) is 10.7 Å². The fourth-order valence-electron chi connectivity index (χ4n) is 2.09. The number of rotatable bonds is 3. The summed E-state index contributed by atoms with van der Waals surface area (Å²) in [5, 5.41) is 9.15. The van der Waals surface area contributed by atoms with Crippen molar-refractivity contribution in [1.29, 1.82) is 0 Å². The molecular formula is C12H16ClFN2O3S. The van der Waals surface area contributed by atoms with E-state index in [0.29, 0.717) is 26.2 Å². The molecule has 0 radical (unpaired) electrons. The Hall–Kier alpha value is -0.730. The van der Waals surface area contributed by atoms with E-state index >= 15 is 0 Å². The summed E-state index contributed by atoms with van der Waals surface area (Å²) in [6, 6.07) is 2.31. The molecule has 1 N–H and O–H groups in total. The van der Waals surface area contributed by atoms with Crippen LogP contribution < -0.4 is 0 Å². The third-order valence-corrected chi connectivity index (χ3v) is 5.45. The first-order valence-corrected chi connectivity index (χ1v) is 7.95. The number of benzene rings is 1. The van der Waals surface area contributed by atoms with Crippen LogP contribution in [0.1, 0.15) is 5.56 Å². The molecule has 0 saturated carbocycles. The zero-order valence-electron chi connectivity index (χ0n) is 11.0. The van der Waals surface area contributed by atoms with Crippen LogP contribution >= 0.6 is 11.6 Å². The third kappa shape index (κ3) is 2.96.